The SMILES string of the molecule is COc1cc2c(cc1OC)CN(c1ncc(C(=O)NCCCN(C)C)cn1)CC2. The summed E-state index contributed by atoms with van der Waals surface area (Å²) in [5.41, 5.74) is 2.88. The van der Waals surface area contributed by atoms with E-state index in [2.05, 4.69) is 25.1 Å². The molecule has 156 valence electrons. The summed E-state index contributed by atoms with van der Waals surface area (Å²) in [7, 11) is 7.31. The highest BCUT2D eigenvalue weighted by molar-refractivity contribution is 5.93. The van der Waals surface area contributed by atoms with E-state index in [1.165, 1.54) is 11.1 Å². The van der Waals surface area contributed by atoms with Crippen LogP contribution in [-0.2, 0) is 13.0 Å². The highest BCUT2D eigenvalue weighted by Crippen LogP contribution is 2.33. The lowest BCUT2D eigenvalue weighted by atomic mass is 9.99. The highest BCUT2D eigenvalue weighted by Gasteiger charge is 2.21. The van der Waals surface area contributed by atoms with Gasteiger partial charge in [0.25, 0.3) is 5.91 Å². The molecule has 0 fully saturated rings. The summed E-state index contributed by atoms with van der Waals surface area (Å²) in [5, 5.41) is 2.90. The first-order valence-electron chi connectivity index (χ1n) is 9.75. The molecule has 1 aromatic heterocycles. The van der Waals surface area contributed by atoms with Crippen LogP contribution in [0.1, 0.15) is 27.9 Å². The van der Waals surface area contributed by atoms with E-state index in [-0.39, 0.29) is 5.91 Å². The van der Waals surface area contributed by atoms with Gasteiger partial charge in [-0.2, -0.15) is 0 Å². The molecular formula is C21H29N5O3. The van der Waals surface area contributed by atoms with Crippen molar-refractivity contribution in [1.29, 1.82) is 0 Å². The summed E-state index contributed by atoms with van der Waals surface area (Å²) in [4.78, 5) is 25.3. The standard InChI is InChI=1S/C21H29N5O3/c1-25(2)8-5-7-22-20(27)17-12-23-21(24-13-17)26-9-6-15-10-18(28-3)19(29-4)11-16(15)14-26/h10-13H,5-9,14H2,1-4H3,(H,22,27). The summed E-state index contributed by atoms with van der Waals surface area (Å²) in [5.74, 6) is 1.94. The van der Waals surface area contributed by atoms with Crippen molar-refractivity contribution in [3.63, 3.8) is 0 Å². The first-order chi connectivity index (χ1) is 14.0. The number of anilines is 1. The Morgan fingerprint density at radius 2 is 1.79 bits per heavy atom. The summed E-state index contributed by atoms with van der Waals surface area (Å²) < 4.78 is 10.8. The third kappa shape index (κ3) is 5.14. The molecule has 8 nitrogen and oxygen atoms in total. The third-order valence-corrected chi connectivity index (χ3v) is 4.97. The molecule has 0 aliphatic carbocycles. The smallest absolute Gasteiger partial charge is 0.254 e. The molecule has 1 aliphatic heterocycles. The summed E-state index contributed by atoms with van der Waals surface area (Å²) >= 11 is 0. The molecule has 8 heteroatoms. The van der Waals surface area contributed by atoms with Crippen molar-refractivity contribution in [2.45, 2.75) is 19.4 Å². The Hall–Kier alpha value is -2.87. The van der Waals surface area contributed by atoms with Crippen molar-refractivity contribution >= 4 is 11.9 Å². The number of nitrogens with one attached hydrogen (secondary N) is 1. The van der Waals surface area contributed by atoms with Gasteiger partial charge in [-0.15, -0.1) is 0 Å². The van der Waals surface area contributed by atoms with Gasteiger partial charge in [-0.25, -0.2) is 9.97 Å². The van der Waals surface area contributed by atoms with Gasteiger partial charge in [-0.05, 0) is 56.7 Å². The van der Waals surface area contributed by atoms with Crippen LogP contribution in [0.15, 0.2) is 24.5 Å². The molecular weight excluding hydrogens is 370 g/mol. The molecule has 1 aliphatic rings. The van der Waals surface area contributed by atoms with Crippen LogP contribution >= 0.6 is 0 Å². The number of ether oxygens (including phenoxy) is 2. The molecule has 0 bridgehead atoms. The fourth-order valence-electron chi connectivity index (χ4n) is 3.35. The third-order valence-electron chi connectivity index (χ3n) is 4.97. The minimum Gasteiger partial charge on any atom is -0.493 e. The molecule has 0 spiro atoms. The maximum absolute atomic E-state index is 12.2. The van der Waals surface area contributed by atoms with E-state index < -0.39 is 0 Å². The lowest BCUT2D eigenvalue weighted by Gasteiger charge is -2.29. The molecule has 0 saturated carbocycles. The van der Waals surface area contributed by atoms with E-state index in [1.54, 1.807) is 26.6 Å². The first kappa shape index (κ1) is 20.9. The van der Waals surface area contributed by atoms with Gasteiger partial charge in [0.05, 0.1) is 19.8 Å². The van der Waals surface area contributed by atoms with E-state index >= 15 is 0 Å². The number of nitrogens with zero attached hydrogens (tertiary/aromatic N) is 4. The Kier molecular flexibility index (Phi) is 6.87. The second-order valence-corrected chi connectivity index (χ2v) is 7.33. The van der Waals surface area contributed by atoms with Gasteiger partial charge in [0, 0.05) is 32.0 Å². The van der Waals surface area contributed by atoms with Crippen LogP contribution in [0.5, 0.6) is 11.5 Å². The minimum absolute atomic E-state index is 0.142. The predicted molar refractivity (Wildman–Crippen MR) is 112 cm³/mol. The Balaban J connectivity index is 1.63. The fraction of sp³-hybridized carbons (Fsp3) is 0.476. The molecule has 0 radical (unpaired) electrons. The fourth-order valence-corrected chi connectivity index (χ4v) is 3.35. The number of fused-ring (bicyclic) bond motifs is 1. The molecule has 1 N–H and O–H groups in total. The zero-order valence-electron chi connectivity index (χ0n) is 17.6. The van der Waals surface area contributed by atoms with Gasteiger partial charge < -0.3 is 24.6 Å². The molecule has 0 atom stereocenters. The number of hydrogen-bond acceptors (Lipinski definition) is 7. The van der Waals surface area contributed by atoms with Crippen molar-refractivity contribution in [2.75, 3.05) is 52.8 Å². The molecule has 2 aromatic rings. The normalized spacial score (nSPS) is 13.2. The lowest BCUT2D eigenvalue weighted by molar-refractivity contribution is 0.0951. The molecule has 29 heavy (non-hydrogen) atoms. The molecule has 0 unspecified atom stereocenters. The van der Waals surface area contributed by atoms with E-state index in [0.717, 1.165) is 37.4 Å². The molecule has 1 amide bonds. The van der Waals surface area contributed by atoms with Gasteiger partial charge in [-0.1, -0.05) is 0 Å². The number of methoxy groups -OCH3 is 2. The zero-order valence-corrected chi connectivity index (χ0v) is 17.6. The van der Waals surface area contributed by atoms with Crippen LogP contribution in [0.3, 0.4) is 0 Å². The lowest BCUT2D eigenvalue weighted by Crippen LogP contribution is -2.32. The van der Waals surface area contributed by atoms with E-state index in [0.29, 0.717) is 24.6 Å². The maximum Gasteiger partial charge on any atom is 0.254 e. The van der Waals surface area contributed by atoms with Crippen molar-refractivity contribution in [2.24, 2.45) is 0 Å². The maximum atomic E-state index is 12.2. The summed E-state index contributed by atoms with van der Waals surface area (Å²) in [6.45, 7) is 3.06. The Morgan fingerprint density at radius 1 is 1.14 bits per heavy atom. The number of benzene rings is 1. The molecule has 1 aromatic carbocycles. The van der Waals surface area contributed by atoms with Crippen molar-refractivity contribution in [3.05, 3.63) is 41.2 Å². The van der Waals surface area contributed by atoms with Crippen LogP contribution in [-0.4, -0.2) is 68.7 Å². The number of aromatic nitrogens is 2. The zero-order chi connectivity index (χ0) is 20.8. The monoisotopic (exact) mass is 399 g/mol. The first-order valence-corrected chi connectivity index (χ1v) is 9.75. The quantitative estimate of drug-likeness (QED) is 0.677. The average molecular weight is 399 g/mol. The largest absolute Gasteiger partial charge is 0.493 e. The van der Waals surface area contributed by atoms with Crippen LogP contribution < -0.4 is 19.7 Å². The van der Waals surface area contributed by atoms with Gasteiger partial charge in [0.1, 0.15) is 0 Å². The number of hydrogen-bond donors (Lipinski definition) is 1. The Bertz CT molecular complexity index is 839. The van der Waals surface area contributed by atoms with Crippen LogP contribution in [0, 0.1) is 0 Å². The van der Waals surface area contributed by atoms with Gasteiger partial charge in [0.2, 0.25) is 5.95 Å². The van der Waals surface area contributed by atoms with Gasteiger partial charge in [-0.3, -0.25) is 4.79 Å². The number of amides is 1. The second-order valence-electron chi connectivity index (χ2n) is 7.33. The van der Waals surface area contributed by atoms with Crippen molar-refractivity contribution < 1.29 is 14.3 Å². The van der Waals surface area contributed by atoms with Crippen LogP contribution in [0.4, 0.5) is 5.95 Å². The average Bonchev–Trinajstić information content (AvgIpc) is 2.75. The molecule has 3 rings (SSSR count). The predicted octanol–water partition coefficient (Wildman–Crippen LogP) is 1.74. The molecule has 0 saturated heterocycles. The Morgan fingerprint density at radius 3 is 2.41 bits per heavy atom. The minimum atomic E-state index is -0.142. The van der Waals surface area contributed by atoms with Gasteiger partial charge >= 0.3 is 0 Å². The number of carbonyl (C=O) groups is 1. The summed E-state index contributed by atoms with van der Waals surface area (Å²) in [6.07, 6.45) is 4.95. The van der Waals surface area contributed by atoms with Crippen molar-refractivity contribution in [3.8, 4) is 11.5 Å². The van der Waals surface area contributed by atoms with E-state index in [1.807, 2.05) is 26.2 Å². The van der Waals surface area contributed by atoms with Gasteiger partial charge in [0.15, 0.2) is 11.5 Å². The Labute approximate surface area is 171 Å². The highest BCUT2D eigenvalue weighted by atomic mass is 16.5. The second kappa shape index (κ2) is 9.56. The van der Waals surface area contributed by atoms with E-state index in [4.69, 9.17) is 9.47 Å². The number of rotatable bonds is 8. The topological polar surface area (TPSA) is 79.8 Å². The van der Waals surface area contributed by atoms with Crippen LogP contribution in [0.25, 0.3) is 0 Å². The number of carbonyl (C=O) groups excluding carboxylic acids is 1. The van der Waals surface area contributed by atoms with Crippen molar-refractivity contribution in [1.82, 2.24) is 20.2 Å². The van der Waals surface area contributed by atoms with E-state index in [9.17, 15) is 4.79 Å². The van der Waals surface area contributed by atoms with Crippen LogP contribution in [0.2, 0.25) is 0 Å². The molecule has 2 heterocycles. The summed E-state index contributed by atoms with van der Waals surface area (Å²) in [6, 6.07) is 4.05.